The Labute approximate surface area is 357 Å². The fourth-order valence-corrected chi connectivity index (χ4v) is 6.28. The molecule has 0 bridgehead atoms. The molecule has 0 saturated carbocycles. The third-order valence-electron chi connectivity index (χ3n) is 8.00. The minimum Gasteiger partial charge on any atom is -0.463 e. The van der Waals surface area contributed by atoms with Crippen LogP contribution >= 0.6 is 15.6 Å². The maximum Gasteiger partial charge on any atom is 0.472 e. The van der Waals surface area contributed by atoms with Gasteiger partial charge in [0.2, 0.25) is 0 Å². The molecule has 0 aliphatic carbocycles. The molecule has 5 atom stereocenters. The second kappa shape index (κ2) is 39.1. The maximum absolute atomic E-state index is 12.1. The highest BCUT2D eigenvalue weighted by Gasteiger charge is 2.28. The Balaban J connectivity index is 4.02. The molecule has 0 amide bonds. The summed E-state index contributed by atoms with van der Waals surface area (Å²) in [6, 6.07) is 0. The van der Waals surface area contributed by atoms with Crippen molar-refractivity contribution in [2.45, 2.75) is 135 Å². The molecular weight excluding hydrogens is 818 g/mol. The van der Waals surface area contributed by atoms with E-state index < -0.39 is 85.5 Å². The van der Waals surface area contributed by atoms with E-state index in [9.17, 15) is 43.8 Å². The Bertz CT molecular complexity index is 1410. The highest BCUT2D eigenvalue weighted by Crippen LogP contribution is 2.45. The van der Waals surface area contributed by atoms with Crippen molar-refractivity contribution in [2.75, 3.05) is 39.6 Å². The largest absolute Gasteiger partial charge is 0.472 e. The number of allylic oxidation sites excluding steroid dienone is 14. The lowest BCUT2D eigenvalue weighted by Crippen LogP contribution is -2.25. The lowest BCUT2D eigenvalue weighted by atomic mass is 10.1. The van der Waals surface area contributed by atoms with E-state index in [0.29, 0.717) is 12.8 Å². The van der Waals surface area contributed by atoms with Gasteiger partial charge in [-0.05, 0) is 51.4 Å². The molecule has 0 radical (unpaired) electrons. The van der Waals surface area contributed by atoms with Crippen LogP contribution in [0.4, 0.5) is 0 Å². The first-order valence-corrected chi connectivity index (χ1v) is 24.0. The van der Waals surface area contributed by atoms with Gasteiger partial charge in [-0.1, -0.05) is 137 Å². The number of ether oxygens (including phenoxy) is 2. The highest BCUT2D eigenvalue weighted by molar-refractivity contribution is 7.47. The molecule has 0 rings (SSSR count). The van der Waals surface area contributed by atoms with E-state index in [2.05, 4.69) is 50.2 Å². The Morgan fingerprint density at radius 1 is 0.450 bits per heavy atom. The van der Waals surface area contributed by atoms with Crippen molar-refractivity contribution in [3.8, 4) is 0 Å². The predicted octanol–water partition coefficient (Wildman–Crippen LogP) is 8.60. The van der Waals surface area contributed by atoms with Crippen molar-refractivity contribution in [1.29, 1.82) is 0 Å². The Hall–Kier alpha value is -2.78. The molecule has 0 spiro atoms. The van der Waals surface area contributed by atoms with Crippen LogP contribution in [0.1, 0.15) is 117 Å². The average molecular weight is 891 g/mol. The first-order valence-electron chi connectivity index (χ1n) is 21.0. The van der Waals surface area contributed by atoms with Gasteiger partial charge in [0.1, 0.15) is 31.5 Å². The van der Waals surface area contributed by atoms with Crippen molar-refractivity contribution in [3.05, 3.63) is 85.1 Å². The van der Waals surface area contributed by atoms with Crippen molar-refractivity contribution in [2.24, 2.45) is 0 Å². The molecule has 0 aromatic heterocycles. The van der Waals surface area contributed by atoms with Crippen LogP contribution < -0.4 is 0 Å². The zero-order valence-electron chi connectivity index (χ0n) is 35.6. The van der Waals surface area contributed by atoms with Crippen LogP contribution in [-0.4, -0.2) is 95.0 Å². The molecule has 5 unspecified atom stereocenters. The molecular formula is C43H72O15P2. The normalized spacial score (nSPS) is 16.2. The minimum absolute atomic E-state index is 0.140. The summed E-state index contributed by atoms with van der Waals surface area (Å²) in [5.74, 6) is -1.05. The van der Waals surface area contributed by atoms with E-state index in [4.69, 9.17) is 9.47 Å². The number of esters is 2. The molecule has 15 nitrogen and oxygen atoms in total. The van der Waals surface area contributed by atoms with Crippen LogP contribution in [0.15, 0.2) is 85.1 Å². The van der Waals surface area contributed by atoms with Crippen LogP contribution in [0.2, 0.25) is 0 Å². The minimum atomic E-state index is -4.80. The number of phosphoric acid groups is 2. The summed E-state index contributed by atoms with van der Waals surface area (Å²) in [5, 5.41) is 29.9. The number of phosphoric ester groups is 2. The van der Waals surface area contributed by atoms with Crippen LogP contribution in [0.3, 0.4) is 0 Å². The lowest BCUT2D eigenvalue weighted by Gasteiger charge is -2.19. The molecule has 0 fully saturated rings. The molecule has 17 heteroatoms. The number of unbranched alkanes of at least 4 members (excludes halogenated alkanes) is 10. The quantitative estimate of drug-likeness (QED) is 0.0128. The number of aliphatic hydroxyl groups is 3. The van der Waals surface area contributed by atoms with Gasteiger partial charge in [0.15, 0.2) is 0 Å². The molecule has 0 aromatic rings. The Kier molecular flexibility index (Phi) is 37.3. The molecule has 0 saturated heterocycles. The Morgan fingerprint density at radius 3 is 1.22 bits per heavy atom. The number of carbonyl (C=O) groups excluding carboxylic acids is 2. The molecule has 0 heterocycles. The fraction of sp³-hybridized carbons (Fsp3) is 0.628. The van der Waals surface area contributed by atoms with E-state index in [1.807, 2.05) is 66.8 Å². The third-order valence-corrected chi connectivity index (χ3v) is 9.90. The summed E-state index contributed by atoms with van der Waals surface area (Å²) in [6.45, 7) is 0.117. The van der Waals surface area contributed by atoms with Gasteiger partial charge in [-0.2, -0.15) is 0 Å². The summed E-state index contributed by atoms with van der Waals surface area (Å²) in [7, 11) is -9.58. The first kappa shape index (κ1) is 57.2. The average Bonchev–Trinajstić information content (AvgIpc) is 3.22. The zero-order chi connectivity index (χ0) is 44.6. The van der Waals surface area contributed by atoms with Gasteiger partial charge in [-0.15, -0.1) is 0 Å². The zero-order valence-corrected chi connectivity index (χ0v) is 37.4. The van der Waals surface area contributed by atoms with Crippen molar-refractivity contribution in [1.82, 2.24) is 0 Å². The van der Waals surface area contributed by atoms with Crippen molar-refractivity contribution in [3.63, 3.8) is 0 Å². The molecule has 60 heavy (non-hydrogen) atoms. The number of aliphatic hydroxyl groups excluding tert-OH is 3. The third kappa shape index (κ3) is 40.6. The van der Waals surface area contributed by atoms with Crippen LogP contribution in [-0.2, 0) is 46.3 Å². The second-order valence-corrected chi connectivity index (χ2v) is 16.7. The number of rotatable bonds is 39. The highest BCUT2D eigenvalue weighted by atomic mass is 31.2. The van der Waals surface area contributed by atoms with Crippen molar-refractivity contribution < 1.29 is 71.4 Å². The van der Waals surface area contributed by atoms with E-state index in [0.717, 1.165) is 64.2 Å². The summed E-state index contributed by atoms with van der Waals surface area (Å²) in [6.07, 6.45) is 37.3. The van der Waals surface area contributed by atoms with Crippen LogP contribution in [0.25, 0.3) is 0 Å². The standard InChI is InChI=1S/C43H72O15P2/c1-3-5-7-9-11-13-15-16-17-18-19-20-22-24-26-28-30-32-43(48)54-34-40(45)36-56-60(51,52)58-38-41(46)37-57-59(49,50)55-35-39(44)33-53-42(47)31-29-27-25-23-21-14-12-10-8-6-4-2/h5,7,9-13,15-20,22,39-41,44-46H,3-4,6,8,14,21,23-38H2,1-2H3,(H,49,50)(H,51,52)/b7-5-,11-9+,12-10-,15-13+,17-16-,19-18+,22-20+. The van der Waals surface area contributed by atoms with Crippen molar-refractivity contribution >= 4 is 27.6 Å². The SMILES string of the molecule is CC\C=C/C=C/C=C/C=C\C=C\C=C\CCCCCC(=O)OCC(O)COP(=O)(O)OCC(O)COP(=O)(O)OCC(O)COC(=O)CCCCCCC/C=C\CCCC. The van der Waals surface area contributed by atoms with Crippen LogP contribution in [0, 0.1) is 0 Å². The van der Waals surface area contributed by atoms with Gasteiger partial charge in [0, 0.05) is 12.8 Å². The van der Waals surface area contributed by atoms with E-state index in [1.54, 1.807) is 0 Å². The first-order chi connectivity index (χ1) is 28.8. The second-order valence-electron chi connectivity index (χ2n) is 13.8. The topological polar surface area (TPSA) is 225 Å². The number of hydrogen-bond donors (Lipinski definition) is 5. The van der Waals surface area contributed by atoms with Crippen LogP contribution in [0.5, 0.6) is 0 Å². The van der Waals surface area contributed by atoms with E-state index in [-0.39, 0.29) is 12.8 Å². The predicted molar refractivity (Wildman–Crippen MR) is 233 cm³/mol. The fourth-order valence-electron chi connectivity index (χ4n) is 4.69. The molecule has 5 N–H and O–H groups in total. The lowest BCUT2D eigenvalue weighted by molar-refractivity contribution is -0.148. The molecule has 344 valence electrons. The smallest absolute Gasteiger partial charge is 0.463 e. The summed E-state index contributed by atoms with van der Waals surface area (Å²) >= 11 is 0. The molecule has 0 aromatic carbocycles. The van der Waals surface area contributed by atoms with E-state index >= 15 is 0 Å². The number of carbonyl (C=O) groups is 2. The molecule has 0 aliphatic rings. The number of hydrogen-bond acceptors (Lipinski definition) is 13. The van der Waals surface area contributed by atoms with Gasteiger partial charge in [0.05, 0.1) is 26.4 Å². The summed E-state index contributed by atoms with van der Waals surface area (Å²) in [4.78, 5) is 43.5. The van der Waals surface area contributed by atoms with Gasteiger partial charge >= 0.3 is 27.6 Å². The maximum atomic E-state index is 12.1. The Morgan fingerprint density at radius 2 is 0.783 bits per heavy atom. The van der Waals surface area contributed by atoms with E-state index in [1.165, 1.54) is 12.8 Å². The van der Waals surface area contributed by atoms with Gasteiger partial charge in [-0.3, -0.25) is 27.7 Å². The van der Waals surface area contributed by atoms with Gasteiger partial charge in [0.25, 0.3) is 0 Å². The monoisotopic (exact) mass is 890 g/mol. The van der Waals surface area contributed by atoms with Gasteiger partial charge in [-0.25, -0.2) is 9.13 Å². The molecule has 0 aliphatic heterocycles. The summed E-state index contributed by atoms with van der Waals surface area (Å²) in [5.41, 5.74) is 0. The summed E-state index contributed by atoms with van der Waals surface area (Å²) < 4.78 is 52.7. The van der Waals surface area contributed by atoms with Gasteiger partial charge < -0.3 is 34.6 Å².